The minimum absolute atomic E-state index is 0.0269. The molecule has 0 atom stereocenters. The molecular formula is C16H13BrN2O2. The summed E-state index contributed by atoms with van der Waals surface area (Å²) >= 11 is 3.43. The Bertz CT molecular complexity index is 743. The zero-order valence-electron chi connectivity index (χ0n) is 11.4. The number of halogens is 1. The number of carbonyl (C=O) groups is 2. The molecule has 0 aliphatic carbocycles. The standard InChI is InChI=1S/C16H13BrN2O2/c1-10(20)12-7-6-11(17)8-15(12)19-9-16(21)18-13-4-2-3-5-14(13)19/h2-8H,9H2,1H3,(H,18,21). The van der Waals surface area contributed by atoms with Gasteiger partial charge in [-0.3, -0.25) is 9.59 Å². The number of nitrogens with one attached hydrogen (secondary N) is 1. The van der Waals surface area contributed by atoms with Gasteiger partial charge in [-0.15, -0.1) is 0 Å². The molecule has 0 radical (unpaired) electrons. The number of amides is 1. The first-order chi connectivity index (χ1) is 10.1. The van der Waals surface area contributed by atoms with Gasteiger partial charge in [0.15, 0.2) is 5.78 Å². The molecule has 0 saturated heterocycles. The molecule has 0 bridgehead atoms. The highest BCUT2D eigenvalue weighted by Gasteiger charge is 2.25. The fourth-order valence-corrected chi connectivity index (χ4v) is 2.82. The van der Waals surface area contributed by atoms with Gasteiger partial charge in [-0.25, -0.2) is 0 Å². The van der Waals surface area contributed by atoms with Crippen LogP contribution in [0.3, 0.4) is 0 Å². The fourth-order valence-electron chi connectivity index (χ4n) is 2.47. The van der Waals surface area contributed by atoms with Crippen LogP contribution in [0.15, 0.2) is 46.9 Å². The lowest BCUT2D eigenvalue weighted by molar-refractivity contribution is -0.115. The number of Topliss-reactive ketones (excluding diaryl/α,β-unsaturated/α-hetero) is 1. The van der Waals surface area contributed by atoms with Gasteiger partial charge in [0.2, 0.25) is 5.91 Å². The summed E-state index contributed by atoms with van der Waals surface area (Å²) in [6.45, 7) is 1.72. The van der Waals surface area contributed by atoms with Crippen LogP contribution in [-0.2, 0) is 4.79 Å². The van der Waals surface area contributed by atoms with E-state index in [1.165, 1.54) is 6.92 Å². The lowest BCUT2D eigenvalue weighted by Crippen LogP contribution is -2.35. The highest BCUT2D eigenvalue weighted by atomic mass is 79.9. The molecule has 1 heterocycles. The second-order valence-electron chi connectivity index (χ2n) is 4.87. The van der Waals surface area contributed by atoms with E-state index in [1.807, 2.05) is 41.3 Å². The van der Waals surface area contributed by atoms with Crippen LogP contribution in [-0.4, -0.2) is 18.2 Å². The zero-order valence-corrected chi connectivity index (χ0v) is 13.0. The minimum Gasteiger partial charge on any atom is -0.330 e. The molecule has 2 aromatic carbocycles. The van der Waals surface area contributed by atoms with Crippen molar-refractivity contribution in [3.05, 3.63) is 52.5 Å². The summed E-state index contributed by atoms with van der Waals surface area (Å²) < 4.78 is 0.867. The SMILES string of the molecule is CC(=O)c1ccc(Br)cc1N1CC(=O)Nc2ccccc21. The van der Waals surface area contributed by atoms with E-state index in [0.717, 1.165) is 21.5 Å². The Labute approximate surface area is 130 Å². The summed E-state index contributed by atoms with van der Waals surface area (Å²) in [7, 11) is 0. The molecule has 5 heteroatoms. The normalized spacial score (nSPS) is 13.6. The maximum absolute atomic E-state index is 11.9. The summed E-state index contributed by atoms with van der Waals surface area (Å²) in [6.07, 6.45) is 0. The zero-order chi connectivity index (χ0) is 15.0. The van der Waals surface area contributed by atoms with Crippen molar-refractivity contribution in [3.8, 4) is 0 Å². The number of carbonyl (C=O) groups excluding carboxylic acids is 2. The first kappa shape index (κ1) is 13.8. The molecular weight excluding hydrogens is 332 g/mol. The van der Waals surface area contributed by atoms with Gasteiger partial charge in [-0.2, -0.15) is 0 Å². The number of anilines is 3. The fraction of sp³-hybridized carbons (Fsp3) is 0.125. The van der Waals surface area contributed by atoms with E-state index in [4.69, 9.17) is 0 Å². The van der Waals surface area contributed by atoms with E-state index in [1.54, 1.807) is 6.07 Å². The molecule has 0 unspecified atom stereocenters. The first-order valence-corrected chi connectivity index (χ1v) is 7.32. The van der Waals surface area contributed by atoms with Crippen molar-refractivity contribution in [2.75, 3.05) is 16.8 Å². The van der Waals surface area contributed by atoms with Gasteiger partial charge in [0.25, 0.3) is 0 Å². The summed E-state index contributed by atoms with van der Waals surface area (Å²) in [5.74, 6) is -0.121. The molecule has 0 spiro atoms. The molecule has 3 rings (SSSR count). The maximum atomic E-state index is 11.9. The molecule has 0 aromatic heterocycles. The molecule has 0 fully saturated rings. The maximum Gasteiger partial charge on any atom is 0.244 e. The van der Waals surface area contributed by atoms with E-state index < -0.39 is 0 Å². The Morgan fingerprint density at radius 1 is 1.19 bits per heavy atom. The van der Waals surface area contributed by atoms with Crippen molar-refractivity contribution in [3.63, 3.8) is 0 Å². The van der Waals surface area contributed by atoms with Crippen LogP contribution < -0.4 is 10.2 Å². The second kappa shape index (κ2) is 5.33. The number of rotatable bonds is 2. The van der Waals surface area contributed by atoms with Crippen molar-refractivity contribution in [1.29, 1.82) is 0 Å². The Morgan fingerprint density at radius 2 is 1.95 bits per heavy atom. The number of nitrogens with zero attached hydrogens (tertiary/aromatic N) is 1. The molecule has 1 aliphatic rings. The largest absolute Gasteiger partial charge is 0.330 e. The molecule has 21 heavy (non-hydrogen) atoms. The van der Waals surface area contributed by atoms with Gasteiger partial charge >= 0.3 is 0 Å². The molecule has 4 nitrogen and oxygen atoms in total. The average molecular weight is 345 g/mol. The van der Waals surface area contributed by atoms with Gasteiger partial charge in [0, 0.05) is 10.0 Å². The van der Waals surface area contributed by atoms with Crippen LogP contribution in [0.1, 0.15) is 17.3 Å². The number of para-hydroxylation sites is 2. The predicted octanol–water partition coefficient (Wildman–Crippen LogP) is 3.74. The molecule has 1 N–H and O–H groups in total. The first-order valence-electron chi connectivity index (χ1n) is 6.53. The Hall–Kier alpha value is -2.14. The van der Waals surface area contributed by atoms with Gasteiger partial charge in [0.1, 0.15) is 6.54 Å². The van der Waals surface area contributed by atoms with Crippen LogP contribution in [0.4, 0.5) is 17.1 Å². The lowest BCUT2D eigenvalue weighted by Gasteiger charge is -2.32. The van der Waals surface area contributed by atoms with E-state index >= 15 is 0 Å². The van der Waals surface area contributed by atoms with E-state index in [2.05, 4.69) is 21.2 Å². The Kier molecular flexibility index (Phi) is 3.51. The summed E-state index contributed by atoms with van der Waals surface area (Å²) in [5.41, 5.74) is 2.97. The monoisotopic (exact) mass is 344 g/mol. The third kappa shape index (κ3) is 2.56. The van der Waals surface area contributed by atoms with Gasteiger partial charge in [-0.1, -0.05) is 28.1 Å². The number of hydrogen-bond donors (Lipinski definition) is 1. The summed E-state index contributed by atoms with van der Waals surface area (Å²) in [4.78, 5) is 25.7. The van der Waals surface area contributed by atoms with Crippen molar-refractivity contribution < 1.29 is 9.59 Å². The van der Waals surface area contributed by atoms with Crippen molar-refractivity contribution >= 4 is 44.7 Å². The highest BCUT2D eigenvalue weighted by molar-refractivity contribution is 9.10. The van der Waals surface area contributed by atoms with E-state index in [0.29, 0.717) is 5.56 Å². The molecule has 0 saturated carbocycles. The third-order valence-corrected chi connectivity index (χ3v) is 3.89. The van der Waals surface area contributed by atoms with E-state index in [9.17, 15) is 9.59 Å². The van der Waals surface area contributed by atoms with Gasteiger partial charge in [-0.05, 0) is 37.3 Å². The Morgan fingerprint density at radius 3 is 2.71 bits per heavy atom. The van der Waals surface area contributed by atoms with Crippen molar-refractivity contribution in [2.45, 2.75) is 6.92 Å². The van der Waals surface area contributed by atoms with Crippen molar-refractivity contribution in [1.82, 2.24) is 0 Å². The third-order valence-electron chi connectivity index (χ3n) is 3.40. The summed E-state index contributed by atoms with van der Waals surface area (Å²) in [6, 6.07) is 13.0. The Balaban J connectivity index is 2.19. The molecule has 1 amide bonds. The lowest BCUT2D eigenvalue weighted by atomic mass is 10.1. The number of ketones is 1. The number of hydrogen-bond acceptors (Lipinski definition) is 3. The molecule has 2 aromatic rings. The highest BCUT2D eigenvalue weighted by Crippen LogP contribution is 2.37. The quantitative estimate of drug-likeness (QED) is 0.844. The second-order valence-corrected chi connectivity index (χ2v) is 5.78. The average Bonchev–Trinajstić information content (AvgIpc) is 2.45. The van der Waals surface area contributed by atoms with Crippen LogP contribution in [0, 0.1) is 0 Å². The van der Waals surface area contributed by atoms with Gasteiger partial charge in [0.05, 0.1) is 17.1 Å². The van der Waals surface area contributed by atoms with Crippen LogP contribution in [0.2, 0.25) is 0 Å². The summed E-state index contributed by atoms with van der Waals surface area (Å²) in [5, 5.41) is 2.85. The predicted molar refractivity (Wildman–Crippen MR) is 86.2 cm³/mol. The van der Waals surface area contributed by atoms with Crippen LogP contribution >= 0.6 is 15.9 Å². The van der Waals surface area contributed by atoms with E-state index in [-0.39, 0.29) is 18.2 Å². The molecule has 1 aliphatic heterocycles. The topological polar surface area (TPSA) is 49.4 Å². The molecule has 106 valence electrons. The van der Waals surface area contributed by atoms with Crippen LogP contribution in [0.5, 0.6) is 0 Å². The van der Waals surface area contributed by atoms with Gasteiger partial charge < -0.3 is 10.2 Å². The smallest absolute Gasteiger partial charge is 0.244 e. The number of fused-ring (bicyclic) bond motifs is 1. The minimum atomic E-state index is -0.0943. The van der Waals surface area contributed by atoms with Crippen molar-refractivity contribution in [2.24, 2.45) is 0 Å². The van der Waals surface area contributed by atoms with Crippen LogP contribution in [0.25, 0.3) is 0 Å². The number of benzene rings is 2.